The standard InChI is InChI=1S/C17H21NS/c1-13-6-5-8-15(10-13)11-19-12-17(18)16-9-4-3-7-14(16)2/h3-10,17H,11-12,18H2,1-2H3. The smallest absolute Gasteiger partial charge is 0.0389 e. The van der Waals surface area contributed by atoms with E-state index in [1.165, 1.54) is 22.3 Å². The van der Waals surface area contributed by atoms with Crippen LogP contribution in [0.4, 0.5) is 0 Å². The van der Waals surface area contributed by atoms with E-state index in [4.69, 9.17) is 5.73 Å². The number of aryl methyl sites for hydroxylation is 2. The molecule has 2 rings (SSSR count). The first-order valence-corrected chi connectivity index (χ1v) is 7.76. The molecular formula is C17H21NS. The number of nitrogens with two attached hydrogens (primary N) is 1. The van der Waals surface area contributed by atoms with Gasteiger partial charge in [-0.1, -0.05) is 54.1 Å². The van der Waals surface area contributed by atoms with Gasteiger partial charge in [0.25, 0.3) is 0 Å². The van der Waals surface area contributed by atoms with Gasteiger partial charge in [0, 0.05) is 17.5 Å². The second-order valence-electron chi connectivity index (χ2n) is 4.97. The molecule has 2 aromatic carbocycles. The molecule has 1 atom stereocenters. The molecule has 19 heavy (non-hydrogen) atoms. The Morgan fingerprint density at radius 1 is 1.05 bits per heavy atom. The highest BCUT2D eigenvalue weighted by atomic mass is 32.2. The minimum atomic E-state index is 0.121. The van der Waals surface area contributed by atoms with E-state index in [1.54, 1.807) is 0 Å². The van der Waals surface area contributed by atoms with E-state index in [0.717, 1.165) is 11.5 Å². The van der Waals surface area contributed by atoms with Gasteiger partial charge in [0.05, 0.1) is 0 Å². The number of benzene rings is 2. The summed E-state index contributed by atoms with van der Waals surface area (Å²) in [5.74, 6) is 1.99. The Hall–Kier alpha value is -1.25. The van der Waals surface area contributed by atoms with Crippen LogP contribution in [-0.2, 0) is 5.75 Å². The maximum atomic E-state index is 6.27. The predicted molar refractivity (Wildman–Crippen MR) is 85.4 cm³/mol. The number of hydrogen-bond acceptors (Lipinski definition) is 2. The maximum Gasteiger partial charge on any atom is 0.0389 e. The molecule has 0 amide bonds. The molecule has 0 aromatic heterocycles. The van der Waals surface area contributed by atoms with Crippen molar-refractivity contribution in [3.63, 3.8) is 0 Å². The number of thioether (sulfide) groups is 1. The Kier molecular flexibility index (Phi) is 5.06. The number of hydrogen-bond donors (Lipinski definition) is 1. The summed E-state index contributed by atoms with van der Waals surface area (Å²) in [7, 11) is 0. The van der Waals surface area contributed by atoms with Crippen LogP contribution in [0.25, 0.3) is 0 Å². The van der Waals surface area contributed by atoms with Crippen LogP contribution in [0, 0.1) is 13.8 Å². The van der Waals surface area contributed by atoms with E-state index >= 15 is 0 Å². The molecule has 0 heterocycles. The molecule has 0 radical (unpaired) electrons. The Labute approximate surface area is 120 Å². The lowest BCUT2D eigenvalue weighted by atomic mass is 10.0. The summed E-state index contributed by atoms with van der Waals surface area (Å²) in [4.78, 5) is 0. The van der Waals surface area contributed by atoms with Gasteiger partial charge in [0.15, 0.2) is 0 Å². The van der Waals surface area contributed by atoms with E-state index in [2.05, 4.69) is 62.4 Å². The van der Waals surface area contributed by atoms with Crippen molar-refractivity contribution in [2.45, 2.75) is 25.6 Å². The Bertz CT molecular complexity index is 536. The van der Waals surface area contributed by atoms with Gasteiger partial charge in [0.1, 0.15) is 0 Å². The highest BCUT2D eigenvalue weighted by Gasteiger charge is 2.08. The summed E-state index contributed by atoms with van der Waals surface area (Å²) >= 11 is 1.90. The third-order valence-corrected chi connectivity index (χ3v) is 4.37. The average molecular weight is 271 g/mol. The molecule has 1 nitrogen and oxygen atoms in total. The van der Waals surface area contributed by atoms with Crippen molar-refractivity contribution in [1.29, 1.82) is 0 Å². The molecule has 0 saturated heterocycles. The van der Waals surface area contributed by atoms with Crippen LogP contribution >= 0.6 is 11.8 Å². The number of rotatable bonds is 5. The lowest BCUT2D eigenvalue weighted by Gasteiger charge is -2.14. The summed E-state index contributed by atoms with van der Waals surface area (Å²) in [6, 6.07) is 17.2. The first-order valence-electron chi connectivity index (χ1n) is 6.61. The highest BCUT2D eigenvalue weighted by molar-refractivity contribution is 7.98. The largest absolute Gasteiger partial charge is 0.323 e. The van der Waals surface area contributed by atoms with Crippen LogP contribution in [0.1, 0.15) is 28.3 Å². The Balaban J connectivity index is 1.88. The predicted octanol–water partition coefficient (Wildman–Crippen LogP) is 4.24. The zero-order valence-corrected chi connectivity index (χ0v) is 12.4. The fourth-order valence-corrected chi connectivity index (χ4v) is 3.16. The van der Waals surface area contributed by atoms with Crippen molar-refractivity contribution in [3.8, 4) is 0 Å². The lowest BCUT2D eigenvalue weighted by Crippen LogP contribution is -2.14. The van der Waals surface area contributed by atoms with Crippen molar-refractivity contribution in [1.82, 2.24) is 0 Å². The van der Waals surface area contributed by atoms with Gasteiger partial charge in [-0.15, -0.1) is 0 Å². The quantitative estimate of drug-likeness (QED) is 0.880. The van der Waals surface area contributed by atoms with Gasteiger partial charge < -0.3 is 5.73 Å². The van der Waals surface area contributed by atoms with Crippen LogP contribution in [0.2, 0.25) is 0 Å². The van der Waals surface area contributed by atoms with E-state index in [9.17, 15) is 0 Å². The van der Waals surface area contributed by atoms with Gasteiger partial charge in [-0.25, -0.2) is 0 Å². The van der Waals surface area contributed by atoms with E-state index in [1.807, 2.05) is 11.8 Å². The van der Waals surface area contributed by atoms with Crippen LogP contribution in [0.5, 0.6) is 0 Å². The zero-order valence-electron chi connectivity index (χ0n) is 11.6. The topological polar surface area (TPSA) is 26.0 Å². The van der Waals surface area contributed by atoms with Gasteiger partial charge in [-0.2, -0.15) is 11.8 Å². The molecule has 100 valence electrons. The lowest BCUT2D eigenvalue weighted by molar-refractivity contribution is 0.822. The van der Waals surface area contributed by atoms with Crippen LogP contribution in [0.15, 0.2) is 48.5 Å². The monoisotopic (exact) mass is 271 g/mol. The van der Waals surface area contributed by atoms with Crippen molar-refractivity contribution >= 4 is 11.8 Å². The molecule has 2 heteroatoms. The second kappa shape index (κ2) is 6.78. The van der Waals surface area contributed by atoms with Crippen LogP contribution in [-0.4, -0.2) is 5.75 Å². The van der Waals surface area contributed by atoms with E-state index in [0.29, 0.717) is 0 Å². The minimum absolute atomic E-state index is 0.121. The summed E-state index contributed by atoms with van der Waals surface area (Å²) in [6.07, 6.45) is 0. The molecular weight excluding hydrogens is 250 g/mol. The minimum Gasteiger partial charge on any atom is -0.323 e. The zero-order chi connectivity index (χ0) is 13.7. The first kappa shape index (κ1) is 14.2. The van der Waals surface area contributed by atoms with Crippen LogP contribution < -0.4 is 5.73 Å². The van der Waals surface area contributed by atoms with Gasteiger partial charge in [-0.05, 0) is 30.5 Å². The van der Waals surface area contributed by atoms with Gasteiger partial charge >= 0.3 is 0 Å². The molecule has 0 aliphatic carbocycles. The molecule has 2 N–H and O–H groups in total. The Morgan fingerprint density at radius 2 is 1.84 bits per heavy atom. The van der Waals surface area contributed by atoms with Crippen molar-refractivity contribution < 1.29 is 0 Å². The molecule has 0 aliphatic heterocycles. The molecule has 1 unspecified atom stereocenters. The average Bonchev–Trinajstić information content (AvgIpc) is 2.39. The van der Waals surface area contributed by atoms with Crippen molar-refractivity contribution in [2.24, 2.45) is 5.73 Å². The molecule has 2 aromatic rings. The normalized spacial score (nSPS) is 12.4. The summed E-state index contributed by atoms with van der Waals surface area (Å²) in [6.45, 7) is 4.26. The molecule has 0 fully saturated rings. The third kappa shape index (κ3) is 4.12. The van der Waals surface area contributed by atoms with E-state index in [-0.39, 0.29) is 6.04 Å². The third-order valence-electron chi connectivity index (χ3n) is 3.24. The van der Waals surface area contributed by atoms with Crippen molar-refractivity contribution in [2.75, 3.05) is 5.75 Å². The maximum absolute atomic E-state index is 6.27. The Morgan fingerprint density at radius 3 is 2.58 bits per heavy atom. The van der Waals surface area contributed by atoms with E-state index < -0.39 is 0 Å². The molecule has 0 bridgehead atoms. The summed E-state index contributed by atoms with van der Waals surface area (Å²) < 4.78 is 0. The summed E-state index contributed by atoms with van der Waals surface area (Å²) in [5.41, 5.74) is 11.5. The second-order valence-corrected chi connectivity index (χ2v) is 6.00. The molecule has 0 spiro atoms. The molecule has 0 saturated carbocycles. The van der Waals surface area contributed by atoms with Gasteiger partial charge in [0.2, 0.25) is 0 Å². The SMILES string of the molecule is Cc1cccc(CSCC(N)c2ccccc2C)c1. The van der Waals surface area contributed by atoms with Gasteiger partial charge in [-0.3, -0.25) is 0 Å². The highest BCUT2D eigenvalue weighted by Crippen LogP contribution is 2.22. The first-order chi connectivity index (χ1) is 9.16. The fourth-order valence-electron chi connectivity index (χ4n) is 2.20. The summed E-state index contributed by atoms with van der Waals surface area (Å²) in [5, 5.41) is 0. The fraction of sp³-hybridized carbons (Fsp3) is 0.294. The van der Waals surface area contributed by atoms with Crippen LogP contribution in [0.3, 0.4) is 0 Å². The van der Waals surface area contributed by atoms with Crippen molar-refractivity contribution in [3.05, 3.63) is 70.8 Å². The molecule has 0 aliphatic rings.